The second-order valence-corrected chi connectivity index (χ2v) is 10.5. The van der Waals surface area contributed by atoms with Crippen molar-refractivity contribution >= 4 is 15.9 Å². The molecule has 4 rings (SSSR count). The van der Waals surface area contributed by atoms with E-state index in [0.29, 0.717) is 25.4 Å². The average Bonchev–Trinajstić information content (AvgIpc) is 2.91. The lowest BCUT2D eigenvalue weighted by atomic mass is 9.96. The van der Waals surface area contributed by atoms with Crippen LogP contribution in [-0.2, 0) is 14.8 Å². The molecule has 8 heteroatoms. The van der Waals surface area contributed by atoms with E-state index in [1.807, 2.05) is 24.0 Å². The largest absolute Gasteiger partial charge is 0.494 e. The fourth-order valence-electron chi connectivity index (χ4n) is 4.53. The van der Waals surface area contributed by atoms with E-state index in [1.54, 1.807) is 12.1 Å². The molecule has 1 saturated heterocycles. The third-order valence-electron chi connectivity index (χ3n) is 6.34. The van der Waals surface area contributed by atoms with Gasteiger partial charge in [0.05, 0.1) is 17.5 Å². The highest BCUT2D eigenvalue weighted by molar-refractivity contribution is 7.89. The highest BCUT2D eigenvalue weighted by Gasteiger charge is 2.28. The molecule has 0 unspecified atom stereocenters. The first kappa shape index (κ1) is 25.9. The number of ether oxygens (including phenoxy) is 1. The number of sulfonamides is 1. The van der Waals surface area contributed by atoms with E-state index < -0.39 is 10.0 Å². The Bertz CT molecular complexity index is 1170. The summed E-state index contributed by atoms with van der Waals surface area (Å²) in [5.74, 6) is 0.576. The summed E-state index contributed by atoms with van der Waals surface area (Å²) < 4.78 is 33.0. The Morgan fingerprint density at radius 1 is 0.861 bits per heavy atom. The van der Waals surface area contributed by atoms with Gasteiger partial charge in [0.15, 0.2) is 0 Å². The zero-order valence-electron chi connectivity index (χ0n) is 20.5. The standard InChI is InChI=1S/C28H33N3O4S/c1-2-35-25-13-15-26(16-14-25)36(33,34)29-18-17-27(32)30-19-21-31(22-20-30)28(23-9-5-3-6-10-23)24-11-7-4-8-12-24/h3-16,28-29H,2,17-22H2,1H3. The molecule has 36 heavy (non-hydrogen) atoms. The maximum atomic E-state index is 12.8. The molecule has 0 saturated carbocycles. The van der Waals surface area contributed by atoms with Crippen molar-refractivity contribution < 1.29 is 17.9 Å². The summed E-state index contributed by atoms with van der Waals surface area (Å²) in [6.45, 7) is 5.16. The summed E-state index contributed by atoms with van der Waals surface area (Å²) in [5.41, 5.74) is 2.46. The van der Waals surface area contributed by atoms with Crippen molar-refractivity contribution in [1.29, 1.82) is 0 Å². The molecule has 3 aromatic rings. The summed E-state index contributed by atoms with van der Waals surface area (Å²) in [7, 11) is -3.68. The minimum atomic E-state index is -3.68. The van der Waals surface area contributed by atoms with E-state index in [2.05, 4.69) is 58.2 Å². The van der Waals surface area contributed by atoms with Gasteiger partial charge in [0.2, 0.25) is 15.9 Å². The predicted octanol–water partition coefficient (Wildman–Crippen LogP) is 3.69. The Balaban J connectivity index is 1.30. The molecule has 1 aliphatic heterocycles. The molecule has 0 spiro atoms. The van der Waals surface area contributed by atoms with Gasteiger partial charge in [0.25, 0.3) is 0 Å². The van der Waals surface area contributed by atoms with Crippen molar-refractivity contribution in [3.63, 3.8) is 0 Å². The number of amides is 1. The summed E-state index contributed by atoms with van der Waals surface area (Å²) in [4.78, 5) is 17.2. The number of nitrogens with zero attached hydrogens (tertiary/aromatic N) is 2. The zero-order chi connectivity index (χ0) is 25.4. The summed E-state index contributed by atoms with van der Waals surface area (Å²) >= 11 is 0. The van der Waals surface area contributed by atoms with Crippen molar-refractivity contribution in [2.45, 2.75) is 24.3 Å². The van der Waals surface area contributed by atoms with Gasteiger partial charge in [-0.1, -0.05) is 60.7 Å². The van der Waals surface area contributed by atoms with E-state index in [1.165, 1.54) is 23.3 Å². The third-order valence-corrected chi connectivity index (χ3v) is 7.82. The van der Waals surface area contributed by atoms with Crippen molar-refractivity contribution in [1.82, 2.24) is 14.5 Å². The fraction of sp³-hybridized carbons (Fsp3) is 0.321. The van der Waals surface area contributed by atoms with Crippen LogP contribution in [0.2, 0.25) is 0 Å². The molecule has 190 valence electrons. The molecular weight excluding hydrogens is 474 g/mol. The quantitative estimate of drug-likeness (QED) is 0.453. The Morgan fingerprint density at radius 2 is 1.42 bits per heavy atom. The summed E-state index contributed by atoms with van der Waals surface area (Å²) in [5, 5.41) is 0. The minimum absolute atomic E-state index is 0.0417. The maximum Gasteiger partial charge on any atom is 0.240 e. The normalized spacial score (nSPS) is 14.7. The van der Waals surface area contributed by atoms with E-state index in [-0.39, 0.29) is 29.8 Å². The van der Waals surface area contributed by atoms with Gasteiger partial charge in [-0.3, -0.25) is 9.69 Å². The van der Waals surface area contributed by atoms with E-state index in [9.17, 15) is 13.2 Å². The number of carbonyl (C=O) groups excluding carboxylic acids is 1. The number of hydrogen-bond acceptors (Lipinski definition) is 5. The SMILES string of the molecule is CCOc1ccc(S(=O)(=O)NCCC(=O)N2CCN(C(c3ccccc3)c3ccccc3)CC2)cc1. The number of hydrogen-bond donors (Lipinski definition) is 1. The number of piperazine rings is 1. The Kier molecular flexibility index (Phi) is 8.74. The Morgan fingerprint density at radius 3 is 1.94 bits per heavy atom. The van der Waals surface area contributed by atoms with Gasteiger partial charge in [0, 0.05) is 39.1 Å². The first-order chi connectivity index (χ1) is 17.5. The van der Waals surface area contributed by atoms with Crippen LogP contribution in [0, 0.1) is 0 Å². The molecule has 1 heterocycles. The lowest BCUT2D eigenvalue weighted by molar-refractivity contribution is -0.133. The van der Waals surface area contributed by atoms with Crippen LogP contribution in [-0.4, -0.2) is 63.5 Å². The summed E-state index contributed by atoms with van der Waals surface area (Å²) in [6.07, 6.45) is 0.122. The summed E-state index contributed by atoms with van der Waals surface area (Å²) in [6, 6.07) is 27.2. The molecular formula is C28H33N3O4S. The van der Waals surface area contributed by atoms with Crippen molar-refractivity contribution in [2.24, 2.45) is 0 Å². The lowest BCUT2D eigenvalue weighted by Gasteiger charge is -2.40. The third kappa shape index (κ3) is 6.51. The molecule has 3 aromatic carbocycles. The highest BCUT2D eigenvalue weighted by atomic mass is 32.2. The van der Waals surface area contributed by atoms with Gasteiger partial charge in [0.1, 0.15) is 5.75 Å². The second kappa shape index (κ2) is 12.2. The molecule has 0 atom stereocenters. The zero-order valence-corrected chi connectivity index (χ0v) is 21.4. The molecule has 1 N–H and O–H groups in total. The first-order valence-corrected chi connectivity index (χ1v) is 13.8. The van der Waals surface area contributed by atoms with Crippen LogP contribution < -0.4 is 9.46 Å². The van der Waals surface area contributed by atoms with Gasteiger partial charge < -0.3 is 9.64 Å². The van der Waals surface area contributed by atoms with Crippen LogP contribution in [0.15, 0.2) is 89.8 Å². The Labute approximate surface area is 213 Å². The molecule has 1 amide bonds. The molecule has 0 aromatic heterocycles. The number of carbonyl (C=O) groups is 1. The van der Waals surface area contributed by atoms with Crippen molar-refractivity contribution in [2.75, 3.05) is 39.3 Å². The van der Waals surface area contributed by atoms with E-state index >= 15 is 0 Å². The maximum absolute atomic E-state index is 12.8. The molecule has 0 bridgehead atoms. The highest BCUT2D eigenvalue weighted by Crippen LogP contribution is 2.29. The minimum Gasteiger partial charge on any atom is -0.494 e. The van der Waals surface area contributed by atoms with Gasteiger partial charge in [-0.15, -0.1) is 0 Å². The molecule has 1 aliphatic rings. The number of benzene rings is 3. The van der Waals surface area contributed by atoms with Crippen LogP contribution in [0.25, 0.3) is 0 Å². The fourth-order valence-corrected chi connectivity index (χ4v) is 5.56. The smallest absolute Gasteiger partial charge is 0.240 e. The van der Waals surface area contributed by atoms with Gasteiger partial charge >= 0.3 is 0 Å². The average molecular weight is 508 g/mol. The van der Waals surface area contributed by atoms with Gasteiger partial charge in [-0.2, -0.15) is 0 Å². The van der Waals surface area contributed by atoms with Crippen LogP contribution in [0.4, 0.5) is 0 Å². The van der Waals surface area contributed by atoms with Crippen molar-refractivity contribution in [3.8, 4) is 5.75 Å². The monoisotopic (exact) mass is 507 g/mol. The van der Waals surface area contributed by atoms with Crippen LogP contribution in [0.3, 0.4) is 0 Å². The molecule has 0 aliphatic carbocycles. The second-order valence-electron chi connectivity index (χ2n) is 8.69. The molecule has 0 radical (unpaired) electrons. The van der Waals surface area contributed by atoms with E-state index in [0.717, 1.165) is 13.1 Å². The molecule has 7 nitrogen and oxygen atoms in total. The molecule has 1 fully saturated rings. The lowest BCUT2D eigenvalue weighted by Crippen LogP contribution is -2.50. The topological polar surface area (TPSA) is 78.9 Å². The van der Waals surface area contributed by atoms with Crippen LogP contribution in [0.5, 0.6) is 5.75 Å². The van der Waals surface area contributed by atoms with Crippen LogP contribution >= 0.6 is 0 Å². The van der Waals surface area contributed by atoms with E-state index in [4.69, 9.17) is 4.74 Å². The number of nitrogens with one attached hydrogen (secondary N) is 1. The number of rotatable bonds is 10. The van der Waals surface area contributed by atoms with Gasteiger partial charge in [-0.25, -0.2) is 13.1 Å². The predicted molar refractivity (Wildman–Crippen MR) is 140 cm³/mol. The van der Waals surface area contributed by atoms with Crippen molar-refractivity contribution in [3.05, 3.63) is 96.1 Å². The first-order valence-electron chi connectivity index (χ1n) is 12.3. The van der Waals surface area contributed by atoms with Gasteiger partial charge in [-0.05, 0) is 42.3 Å². The Hall–Kier alpha value is -3.20. The van der Waals surface area contributed by atoms with Crippen LogP contribution in [0.1, 0.15) is 30.5 Å².